The van der Waals surface area contributed by atoms with Crippen LogP contribution in [-0.2, 0) is 10.8 Å². The van der Waals surface area contributed by atoms with Crippen molar-refractivity contribution in [3.63, 3.8) is 0 Å². The van der Waals surface area contributed by atoms with E-state index >= 15 is 0 Å². The number of fused-ring (bicyclic) bond motifs is 1. The molecular formula is C45H49NO3SSi. The third-order valence-electron chi connectivity index (χ3n) is 10.1. The largest absolute Gasteiger partial charge is 0.492 e. The van der Waals surface area contributed by atoms with Gasteiger partial charge in [-0.1, -0.05) is 112 Å². The molecule has 1 aromatic heterocycles. The SMILES string of the molecule is CC(C)(C)[Si](OCCOc1ccc(-c2sc3ccccc3c2Cc2ccc(OCCN3CCCC3)cc2)cc1)(c1ccccc1)c1ccccc1. The highest BCUT2D eigenvalue weighted by molar-refractivity contribution is 7.22. The summed E-state index contributed by atoms with van der Waals surface area (Å²) in [5.41, 5.74) is 3.86. The van der Waals surface area contributed by atoms with Gasteiger partial charge in [0, 0.05) is 16.1 Å². The normalized spacial score (nSPS) is 13.9. The average Bonchev–Trinajstić information content (AvgIpc) is 3.81. The van der Waals surface area contributed by atoms with Crippen LogP contribution in [0.4, 0.5) is 0 Å². The lowest BCUT2D eigenvalue weighted by Gasteiger charge is -2.43. The van der Waals surface area contributed by atoms with Crippen LogP contribution in [0.2, 0.25) is 5.04 Å². The molecule has 0 saturated carbocycles. The van der Waals surface area contributed by atoms with E-state index in [1.807, 2.05) is 11.3 Å². The van der Waals surface area contributed by atoms with Crippen LogP contribution in [0.1, 0.15) is 44.7 Å². The molecule has 0 radical (unpaired) electrons. The molecule has 6 heteroatoms. The molecule has 1 fully saturated rings. The van der Waals surface area contributed by atoms with Gasteiger partial charge in [0.05, 0.1) is 6.61 Å². The Morgan fingerprint density at radius 2 is 1.20 bits per heavy atom. The highest BCUT2D eigenvalue weighted by atomic mass is 32.1. The number of likely N-dealkylation sites (tertiary alicyclic amines) is 1. The highest BCUT2D eigenvalue weighted by Crippen LogP contribution is 2.41. The molecule has 6 aromatic rings. The number of hydrogen-bond acceptors (Lipinski definition) is 5. The van der Waals surface area contributed by atoms with Crippen molar-refractivity contribution in [3.8, 4) is 21.9 Å². The van der Waals surface area contributed by atoms with E-state index in [9.17, 15) is 0 Å². The van der Waals surface area contributed by atoms with E-state index in [-0.39, 0.29) is 5.04 Å². The van der Waals surface area contributed by atoms with Gasteiger partial charge in [-0.3, -0.25) is 4.90 Å². The molecule has 0 N–H and O–H groups in total. The lowest BCUT2D eigenvalue weighted by molar-refractivity contribution is 0.208. The first-order valence-corrected chi connectivity index (χ1v) is 21.1. The maximum atomic E-state index is 7.04. The Hall–Kier alpha value is -4.20. The van der Waals surface area contributed by atoms with Crippen molar-refractivity contribution in [1.29, 1.82) is 0 Å². The van der Waals surface area contributed by atoms with Crippen molar-refractivity contribution in [3.05, 3.63) is 145 Å². The summed E-state index contributed by atoms with van der Waals surface area (Å²) >= 11 is 1.87. The number of benzene rings is 5. The Kier molecular flexibility index (Phi) is 11.0. The third kappa shape index (κ3) is 8.00. The molecule has 0 atom stereocenters. The van der Waals surface area contributed by atoms with E-state index in [0.29, 0.717) is 13.2 Å². The first kappa shape index (κ1) is 35.2. The summed E-state index contributed by atoms with van der Waals surface area (Å²) in [5.74, 6) is 1.80. The van der Waals surface area contributed by atoms with E-state index in [0.717, 1.165) is 31.1 Å². The second kappa shape index (κ2) is 16.0. The van der Waals surface area contributed by atoms with Crippen LogP contribution in [0.5, 0.6) is 11.5 Å². The maximum absolute atomic E-state index is 7.04. The van der Waals surface area contributed by atoms with Crippen LogP contribution in [0.3, 0.4) is 0 Å². The van der Waals surface area contributed by atoms with Gasteiger partial charge >= 0.3 is 0 Å². The Balaban J connectivity index is 1.03. The van der Waals surface area contributed by atoms with Crippen molar-refractivity contribution < 1.29 is 13.9 Å². The number of rotatable bonds is 14. The topological polar surface area (TPSA) is 30.9 Å². The Bertz CT molecular complexity index is 1940. The molecule has 51 heavy (non-hydrogen) atoms. The summed E-state index contributed by atoms with van der Waals surface area (Å²) in [6.07, 6.45) is 3.49. The fraction of sp³-hybridized carbons (Fsp3) is 0.289. The highest BCUT2D eigenvalue weighted by Gasteiger charge is 2.50. The molecule has 4 nitrogen and oxygen atoms in total. The van der Waals surface area contributed by atoms with E-state index in [4.69, 9.17) is 13.9 Å². The zero-order valence-corrected chi connectivity index (χ0v) is 32.0. The van der Waals surface area contributed by atoms with Gasteiger partial charge in [0.15, 0.2) is 0 Å². The Morgan fingerprint density at radius 3 is 1.82 bits per heavy atom. The number of nitrogens with zero attached hydrogens (tertiary/aromatic N) is 1. The minimum atomic E-state index is -2.60. The van der Waals surface area contributed by atoms with Gasteiger partial charge < -0.3 is 13.9 Å². The van der Waals surface area contributed by atoms with E-state index in [2.05, 4.69) is 159 Å². The van der Waals surface area contributed by atoms with Crippen LogP contribution < -0.4 is 19.8 Å². The fourth-order valence-corrected chi connectivity index (χ4v) is 13.3. The summed E-state index contributed by atoms with van der Waals surface area (Å²) in [7, 11) is -2.60. The summed E-state index contributed by atoms with van der Waals surface area (Å²) in [4.78, 5) is 3.80. The summed E-state index contributed by atoms with van der Waals surface area (Å²) < 4.78 is 20.7. The molecular weight excluding hydrogens is 663 g/mol. The van der Waals surface area contributed by atoms with Crippen LogP contribution >= 0.6 is 11.3 Å². The predicted octanol–water partition coefficient (Wildman–Crippen LogP) is 9.59. The summed E-state index contributed by atoms with van der Waals surface area (Å²) in [6.45, 7) is 12.1. The van der Waals surface area contributed by atoms with Gasteiger partial charge in [-0.05, 0) is 112 Å². The number of ether oxygens (including phenoxy) is 2. The van der Waals surface area contributed by atoms with Crippen LogP contribution in [0.25, 0.3) is 20.5 Å². The number of hydrogen-bond donors (Lipinski definition) is 0. The first-order valence-electron chi connectivity index (χ1n) is 18.3. The maximum Gasteiger partial charge on any atom is 0.261 e. The summed E-state index contributed by atoms with van der Waals surface area (Å²) in [5, 5.41) is 3.82. The molecule has 0 unspecified atom stereocenters. The molecule has 2 heterocycles. The van der Waals surface area contributed by atoms with E-state index in [1.165, 1.54) is 68.0 Å². The van der Waals surface area contributed by atoms with Crippen molar-refractivity contribution >= 4 is 40.1 Å². The summed E-state index contributed by atoms with van der Waals surface area (Å²) in [6, 6.07) is 47.6. The van der Waals surface area contributed by atoms with E-state index < -0.39 is 8.32 Å². The van der Waals surface area contributed by atoms with Crippen molar-refractivity contribution in [2.45, 2.75) is 45.1 Å². The molecule has 7 rings (SSSR count). The van der Waals surface area contributed by atoms with Crippen LogP contribution in [0, 0.1) is 0 Å². The van der Waals surface area contributed by atoms with Gasteiger partial charge in [-0.15, -0.1) is 11.3 Å². The van der Waals surface area contributed by atoms with E-state index in [1.54, 1.807) is 0 Å². The molecule has 0 amide bonds. The Labute approximate surface area is 308 Å². The predicted molar refractivity (Wildman–Crippen MR) is 217 cm³/mol. The molecule has 5 aromatic carbocycles. The molecule has 0 bridgehead atoms. The van der Waals surface area contributed by atoms with Crippen LogP contribution in [-0.4, -0.2) is 52.7 Å². The molecule has 0 spiro atoms. The zero-order chi connectivity index (χ0) is 35.1. The van der Waals surface area contributed by atoms with Crippen molar-refractivity contribution in [1.82, 2.24) is 4.90 Å². The van der Waals surface area contributed by atoms with Crippen molar-refractivity contribution in [2.75, 3.05) is 39.5 Å². The monoisotopic (exact) mass is 711 g/mol. The smallest absolute Gasteiger partial charge is 0.261 e. The van der Waals surface area contributed by atoms with Crippen molar-refractivity contribution in [2.24, 2.45) is 0 Å². The fourth-order valence-electron chi connectivity index (χ4n) is 7.53. The van der Waals surface area contributed by atoms with Gasteiger partial charge in [0.1, 0.15) is 24.7 Å². The third-order valence-corrected chi connectivity index (χ3v) is 16.4. The second-order valence-corrected chi connectivity index (χ2v) is 19.9. The second-order valence-electron chi connectivity index (χ2n) is 14.5. The Morgan fingerprint density at radius 1 is 0.627 bits per heavy atom. The lowest BCUT2D eigenvalue weighted by Crippen LogP contribution is -2.66. The van der Waals surface area contributed by atoms with Gasteiger partial charge in [-0.2, -0.15) is 0 Å². The molecule has 262 valence electrons. The molecule has 1 saturated heterocycles. The quantitative estimate of drug-likeness (QED) is 0.0832. The minimum Gasteiger partial charge on any atom is -0.492 e. The molecule has 1 aliphatic rings. The molecule has 0 aliphatic carbocycles. The van der Waals surface area contributed by atoms with Gasteiger partial charge in [0.25, 0.3) is 8.32 Å². The first-order chi connectivity index (χ1) is 24.9. The lowest BCUT2D eigenvalue weighted by atomic mass is 9.99. The van der Waals surface area contributed by atoms with Gasteiger partial charge in [-0.25, -0.2) is 0 Å². The average molecular weight is 712 g/mol. The van der Waals surface area contributed by atoms with Gasteiger partial charge in [0.2, 0.25) is 0 Å². The molecule has 1 aliphatic heterocycles. The zero-order valence-electron chi connectivity index (χ0n) is 30.1. The standard InChI is InChI=1S/C45H49NO3SSi/c1-45(2,3)51(39-14-6-4-7-15-39,40-16-8-5-9-17-40)49-33-32-48-38-26-22-36(23-27-38)44-42(41-18-10-11-19-43(41)50-44)34-35-20-24-37(25-21-35)47-31-30-46-28-12-13-29-46/h4-11,14-27H,12-13,28-34H2,1-3H3. The minimum absolute atomic E-state index is 0.0673. The number of thiophene rings is 1. The van der Waals surface area contributed by atoms with Crippen LogP contribution in [0.15, 0.2) is 133 Å².